The van der Waals surface area contributed by atoms with Crippen LogP contribution in [0.2, 0.25) is 0 Å². The first-order valence-corrected chi connectivity index (χ1v) is 14.3. The third kappa shape index (κ3) is 4.98. The van der Waals surface area contributed by atoms with Crippen LogP contribution in [-0.4, -0.2) is 53.4 Å². The molecule has 0 unspecified atom stereocenters. The van der Waals surface area contributed by atoms with Crippen molar-refractivity contribution in [1.29, 1.82) is 0 Å². The molecule has 7 nitrogen and oxygen atoms in total. The van der Waals surface area contributed by atoms with Crippen LogP contribution in [0.25, 0.3) is 6.08 Å². The van der Waals surface area contributed by atoms with Crippen LogP contribution in [0.4, 0.5) is 0 Å². The smallest absolute Gasteiger partial charge is 0.234 e. The first-order valence-electron chi connectivity index (χ1n) is 12.4. The average molecular weight is 636 g/mol. The minimum Gasteiger partial charge on any atom is -0.504 e. The number of phenols is 1. The highest BCUT2D eigenvalue weighted by Crippen LogP contribution is 2.50. The predicted octanol–water partition coefficient (Wildman–Crippen LogP) is 4.76. The SMILES string of the molecule is COc1cc(/C=C(\C)CC[C@H]2OC[C@H]3C2=C(CO)C[C@H]2C(=O)N(Cc4cccs4)C(=O)[C@H]23)cc(I)c1O. The largest absolute Gasteiger partial charge is 0.504 e. The number of aromatic hydroxyl groups is 1. The number of aliphatic hydroxyl groups excluding tert-OH is 1. The molecule has 5 rings (SSSR count). The van der Waals surface area contributed by atoms with E-state index in [1.54, 1.807) is 6.07 Å². The van der Waals surface area contributed by atoms with Gasteiger partial charge in [-0.05, 0) is 89.1 Å². The van der Waals surface area contributed by atoms with Gasteiger partial charge in [0.1, 0.15) is 0 Å². The number of methoxy groups -OCH3 is 1. The number of rotatable bonds is 8. The minimum atomic E-state index is -0.417. The van der Waals surface area contributed by atoms with Gasteiger partial charge in [0.15, 0.2) is 11.5 Å². The number of allylic oxidation sites excluding steroid dienone is 1. The lowest BCUT2D eigenvalue weighted by Gasteiger charge is -2.31. The highest BCUT2D eigenvalue weighted by Gasteiger charge is 2.56. The Morgan fingerprint density at radius 2 is 2.11 bits per heavy atom. The molecule has 196 valence electrons. The lowest BCUT2D eigenvalue weighted by molar-refractivity contribution is -0.140. The van der Waals surface area contributed by atoms with Gasteiger partial charge >= 0.3 is 0 Å². The molecule has 2 aliphatic heterocycles. The molecule has 37 heavy (non-hydrogen) atoms. The molecule has 0 spiro atoms. The summed E-state index contributed by atoms with van der Waals surface area (Å²) in [6.45, 7) is 2.64. The molecule has 4 atom stereocenters. The third-order valence-electron chi connectivity index (χ3n) is 7.67. The Kier molecular flexibility index (Phi) is 7.76. The number of fused-ring (bicyclic) bond motifs is 3. The molecule has 2 N–H and O–H groups in total. The van der Waals surface area contributed by atoms with E-state index in [0.717, 1.165) is 43.6 Å². The van der Waals surface area contributed by atoms with Gasteiger partial charge in [-0.1, -0.05) is 17.7 Å². The van der Waals surface area contributed by atoms with Crippen molar-refractivity contribution < 1.29 is 29.3 Å². The number of aliphatic hydroxyl groups is 1. The summed E-state index contributed by atoms with van der Waals surface area (Å²) in [5.74, 6) is -0.663. The van der Waals surface area contributed by atoms with Crippen molar-refractivity contribution in [3.63, 3.8) is 0 Å². The molecular formula is C28H30INO6S. The maximum Gasteiger partial charge on any atom is 0.234 e. The Morgan fingerprint density at radius 3 is 2.81 bits per heavy atom. The zero-order valence-electron chi connectivity index (χ0n) is 20.8. The topological polar surface area (TPSA) is 96.3 Å². The summed E-state index contributed by atoms with van der Waals surface area (Å²) in [5, 5.41) is 22.3. The van der Waals surface area contributed by atoms with Crippen LogP contribution in [0.1, 0.15) is 36.6 Å². The van der Waals surface area contributed by atoms with Crippen LogP contribution >= 0.6 is 33.9 Å². The van der Waals surface area contributed by atoms with Gasteiger partial charge in [-0.2, -0.15) is 0 Å². The quantitative estimate of drug-likeness (QED) is 0.247. The van der Waals surface area contributed by atoms with E-state index in [-0.39, 0.29) is 36.2 Å². The van der Waals surface area contributed by atoms with Gasteiger partial charge in [-0.3, -0.25) is 14.5 Å². The van der Waals surface area contributed by atoms with Gasteiger partial charge in [-0.25, -0.2) is 0 Å². The zero-order valence-corrected chi connectivity index (χ0v) is 23.8. The summed E-state index contributed by atoms with van der Waals surface area (Å²) < 4.78 is 12.2. The summed E-state index contributed by atoms with van der Waals surface area (Å²) in [6, 6.07) is 7.58. The molecule has 0 saturated carbocycles. The third-order valence-corrected chi connectivity index (χ3v) is 9.35. The molecule has 0 radical (unpaired) electrons. The van der Waals surface area contributed by atoms with E-state index >= 15 is 0 Å². The Labute approximate surface area is 233 Å². The van der Waals surface area contributed by atoms with E-state index in [2.05, 4.69) is 35.6 Å². The molecule has 2 amide bonds. The van der Waals surface area contributed by atoms with Crippen molar-refractivity contribution in [3.8, 4) is 11.5 Å². The average Bonchev–Trinajstić information content (AvgIpc) is 3.61. The number of carbonyl (C=O) groups excluding carboxylic acids is 2. The normalized spacial score (nSPS) is 25.6. The van der Waals surface area contributed by atoms with Crippen molar-refractivity contribution in [2.75, 3.05) is 20.3 Å². The van der Waals surface area contributed by atoms with Crippen molar-refractivity contribution >= 4 is 51.8 Å². The van der Waals surface area contributed by atoms with Gasteiger partial charge in [-0.15, -0.1) is 11.3 Å². The molecule has 9 heteroatoms. The predicted molar refractivity (Wildman–Crippen MR) is 149 cm³/mol. The van der Waals surface area contributed by atoms with Crippen LogP contribution in [0.3, 0.4) is 0 Å². The second kappa shape index (κ2) is 10.9. The number of imide groups is 1. The summed E-state index contributed by atoms with van der Waals surface area (Å²) in [5.41, 5.74) is 3.96. The van der Waals surface area contributed by atoms with Crippen molar-refractivity contribution in [1.82, 2.24) is 4.90 Å². The highest BCUT2D eigenvalue weighted by molar-refractivity contribution is 14.1. The molecule has 1 aromatic carbocycles. The Balaban J connectivity index is 1.31. The van der Waals surface area contributed by atoms with Gasteiger partial charge in [0.25, 0.3) is 0 Å². The number of carbonyl (C=O) groups is 2. The molecule has 3 heterocycles. The lowest BCUT2D eigenvalue weighted by Crippen LogP contribution is -2.34. The monoisotopic (exact) mass is 635 g/mol. The fourth-order valence-corrected chi connectivity index (χ4v) is 7.26. The lowest BCUT2D eigenvalue weighted by atomic mass is 9.69. The van der Waals surface area contributed by atoms with E-state index in [1.807, 2.05) is 23.6 Å². The van der Waals surface area contributed by atoms with Crippen LogP contribution in [0.5, 0.6) is 11.5 Å². The summed E-state index contributed by atoms with van der Waals surface area (Å²) in [4.78, 5) is 29.0. The van der Waals surface area contributed by atoms with Crippen molar-refractivity contribution in [3.05, 3.63) is 60.4 Å². The van der Waals surface area contributed by atoms with Gasteiger partial charge in [0.2, 0.25) is 11.8 Å². The molecule has 0 bridgehead atoms. The number of hydrogen-bond donors (Lipinski definition) is 2. The van der Waals surface area contributed by atoms with E-state index in [4.69, 9.17) is 9.47 Å². The first kappa shape index (κ1) is 26.4. The van der Waals surface area contributed by atoms with Gasteiger partial charge < -0.3 is 19.7 Å². The molecule has 3 aliphatic rings. The van der Waals surface area contributed by atoms with E-state index in [0.29, 0.717) is 25.3 Å². The first-order chi connectivity index (χ1) is 17.8. The summed E-state index contributed by atoms with van der Waals surface area (Å²) in [6.07, 6.45) is 3.79. The standard InChI is InChI=1S/C28H30INO6S/c1-15(8-16-9-21(29)26(32)23(10-16)35-2)5-6-22-24-17(13-31)11-19-25(20(24)14-36-22)28(34)30(27(19)33)12-18-4-3-7-37-18/h3-4,7-10,19-20,22,25,31-32H,5-6,11-14H2,1-2H3/b15-8+/t19-,20+,22-,25-/m1/s1. The number of amides is 2. The van der Waals surface area contributed by atoms with Crippen LogP contribution in [0, 0.1) is 21.3 Å². The maximum absolute atomic E-state index is 13.4. The van der Waals surface area contributed by atoms with Crippen molar-refractivity contribution in [2.45, 2.75) is 38.8 Å². The summed E-state index contributed by atoms with van der Waals surface area (Å²) in [7, 11) is 1.53. The summed E-state index contributed by atoms with van der Waals surface area (Å²) >= 11 is 3.62. The number of phenolic OH excluding ortho intramolecular Hbond substituents is 1. The molecule has 1 aromatic heterocycles. The van der Waals surface area contributed by atoms with Gasteiger partial charge in [0, 0.05) is 10.8 Å². The second-order valence-electron chi connectivity index (χ2n) is 9.91. The van der Waals surface area contributed by atoms with E-state index < -0.39 is 11.8 Å². The Bertz CT molecular complexity index is 1270. The zero-order chi connectivity index (χ0) is 26.3. The van der Waals surface area contributed by atoms with E-state index in [9.17, 15) is 19.8 Å². The minimum absolute atomic E-state index is 0.112. The number of halogens is 1. The van der Waals surface area contributed by atoms with Crippen LogP contribution in [-0.2, 0) is 20.9 Å². The van der Waals surface area contributed by atoms with Gasteiger partial charge in [0.05, 0.1) is 48.4 Å². The molecule has 2 aromatic rings. The molecule has 2 fully saturated rings. The molecule has 2 saturated heterocycles. The second-order valence-corrected chi connectivity index (χ2v) is 12.1. The number of thiophene rings is 1. The maximum atomic E-state index is 13.4. The number of likely N-dealkylation sites (tertiary alicyclic amines) is 1. The molecular weight excluding hydrogens is 605 g/mol. The van der Waals surface area contributed by atoms with Crippen molar-refractivity contribution in [2.24, 2.45) is 17.8 Å². The Morgan fingerprint density at radius 1 is 1.30 bits per heavy atom. The fourth-order valence-electron chi connectivity index (χ4n) is 5.95. The number of ether oxygens (including phenoxy) is 2. The number of hydrogen-bond acceptors (Lipinski definition) is 7. The molecule has 1 aliphatic carbocycles. The number of benzene rings is 1. The highest BCUT2D eigenvalue weighted by atomic mass is 127. The Hall–Kier alpha value is -2.21. The van der Waals surface area contributed by atoms with Crippen LogP contribution < -0.4 is 4.74 Å². The van der Waals surface area contributed by atoms with Crippen LogP contribution in [0.15, 0.2) is 46.4 Å². The fraction of sp³-hybridized carbons (Fsp3) is 0.429. The number of nitrogens with zero attached hydrogens (tertiary/aromatic N) is 1. The van der Waals surface area contributed by atoms with E-state index in [1.165, 1.54) is 23.3 Å².